The summed E-state index contributed by atoms with van der Waals surface area (Å²) in [6, 6.07) is 13.0. The smallest absolute Gasteiger partial charge is 0.329 e. The predicted molar refractivity (Wildman–Crippen MR) is 120 cm³/mol. The van der Waals surface area contributed by atoms with Crippen molar-refractivity contribution in [3.63, 3.8) is 0 Å². The number of nitrogens with one attached hydrogen (secondary N) is 2. The molecular weight excluding hydrogens is 396 g/mol. The van der Waals surface area contributed by atoms with Gasteiger partial charge in [0.15, 0.2) is 10.9 Å². The monoisotopic (exact) mass is 418 g/mol. The zero-order chi connectivity index (χ0) is 21.3. The number of nitrogens with zero attached hydrogens (tertiary/aromatic N) is 4. The molecule has 1 aliphatic rings. The predicted octanol–water partition coefficient (Wildman–Crippen LogP) is 4.94. The molecular formula is C22H22N6OS. The molecule has 4 rings (SSSR count). The summed E-state index contributed by atoms with van der Waals surface area (Å²) in [5.74, 6) is 0.572. The summed E-state index contributed by atoms with van der Waals surface area (Å²) < 4.78 is 0. The summed E-state index contributed by atoms with van der Waals surface area (Å²) in [6.07, 6.45) is 0.791. The van der Waals surface area contributed by atoms with E-state index >= 15 is 0 Å². The van der Waals surface area contributed by atoms with Gasteiger partial charge in [0, 0.05) is 23.0 Å². The number of hydrogen-bond donors (Lipinski definition) is 2. The van der Waals surface area contributed by atoms with Crippen LogP contribution in [0.4, 0.5) is 21.4 Å². The third-order valence-electron chi connectivity index (χ3n) is 5.17. The minimum Gasteiger partial charge on any atom is -0.382 e. The van der Waals surface area contributed by atoms with Crippen LogP contribution in [0.3, 0.4) is 0 Å². The van der Waals surface area contributed by atoms with E-state index in [2.05, 4.69) is 21.7 Å². The van der Waals surface area contributed by atoms with Gasteiger partial charge in [-0.05, 0) is 51.5 Å². The number of aryl methyl sites for hydroxylation is 2. The van der Waals surface area contributed by atoms with Crippen LogP contribution < -0.4 is 15.5 Å². The van der Waals surface area contributed by atoms with E-state index in [1.165, 1.54) is 11.3 Å². The molecule has 0 aliphatic carbocycles. The second-order valence-electron chi connectivity index (χ2n) is 7.29. The van der Waals surface area contributed by atoms with Gasteiger partial charge in [0.2, 0.25) is 0 Å². The van der Waals surface area contributed by atoms with E-state index in [1.54, 1.807) is 17.0 Å². The number of pyridine rings is 1. The van der Waals surface area contributed by atoms with E-state index in [-0.39, 0.29) is 12.1 Å². The van der Waals surface area contributed by atoms with Crippen molar-refractivity contribution < 1.29 is 4.79 Å². The van der Waals surface area contributed by atoms with Crippen molar-refractivity contribution in [1.82, 2.24) is 9.97 Å². The number of amides is 2. The molecule has 0 unspecified atom stereocenters. The van der Waals surface area contributed by atoms with Crippen molar-refractivity contribution >= 4 is 34.0 Å². The lowest BCUT2D eigenvalue weighted by Crippen LogP contribution is -2.42. The molecule has 1 aliphatic heterocycles. The van der Waals surface area contributed by atoms with Crippen molar-refractivity contribution in [3.05, 3.63) is 52.5 Å². The van der Waals surface area contributed by atoms with E-state index in [4.69, 9.17) is 4.98 Å². The Kier molecular flexibility index (Phi) is 5.38. The summed E-state index contributed by atoms with van der Waals surface area (Å²) in [7, 11) is 0. The maximum absolute atomic E-state index is 13.2. The second kappa shape index (κ2) is 8.13. The number of nitriles is 1. The first-order chi connectivity index (χ1) is 14.5. The van der Waals surface area contributed by atoms with Crippen LogP contribution in [0.1, 0.15) is 29.5 Å². The first kappa shape index (κ1) is 19.9. The van der Waals surface area contributed by atoms with Crippen molar-refractivity contribution in [2.24, 2.45) is 0 Å². The third kappa shape index (κ3) is 3.84. The Hall–Kier alpha value is -3.44. The molecule has 8 heteroatoms. The molecule has 3 aromatic rings. The van der Waals surface area contributed by atoms with Crippen molar-refractivity contribution in [2.45, 2.75) is 33.2 Å². The topological polar surface area (TPSA) is 93.9 Å². The van der Waals surface area contributed by atoms with Gasteiger partial charge in [-0.3, -0.25) is 10.2 Å². The fraction of sp³-hybridized carbons (Fsp3) is 0.273. The number of hydrogen-bond acceptors (Lipinski definition) is 6. The number of thiazole rings is 1. The number of rotatable bonds is 2. The van der Waals surface area contributed by atoms with Crippen LogP contribution >= 0.6 is 11.3 Å². The highest BCUT2D eigenvalue weighted by Gasteiger charge is 2.29. The van der Waals surface area contributed by atoms with Crippen LogP contribution in [0, 0.1) is 25.2 Å². The molecule has 0 saturated heterocycles. The van der Waals surface area contributed by atoms with E-state index in [0.29, 0.717) is 22.2 Å². The van der Waals surface area contributed by atoms with Crippen molar-refractivity contribution in [2.75, 3.05) is 22.1 Å². The molecule has 0 bridgehead atoms. The van der Waals surface area contributed by atoms with Crippen molar-refractivity contribution in [1.29, 1.82) is 5.26 Å². The zero-order valence-corrected chi connectivity index (χ0v) is 17.9. The van der Waals surface area contributed by atoms with Crippen LogP contribution in [0.15, 0.2) is 36.4 Å². The van der Waals surface area contributed by atoms with Gasteiger partial charge in [-0.1, -0.05) is 12.1 Å². The average Bonchev–Trinajstić information content (AvgIpc) is 2.95. The Morgan fingerprint density at radius 3 is 2.87 bits per heavy atom. The van der Waals surface area contributed by atoms with Gasteiger partial charge < -0.3 is 5.32 Å². The molecule has 2 N–H and O–H groups in total. The lowest BCUT2D eigenvalue weighted by atomic mass is 10.1. The number of anilines is 3. The Morgan fingerprint density at radius 2 is 2.13 bits per heavy atom. The van der Waals surface area contributed by atoms with Gasteiger partial charge in [0.25, 0.3) is 0 Å². The van der Waals surface area contributed by atoms with Crippen LogP contribution in [0.2, 0.25) is 0 Å². The minimum absolute atomic E-state index is 0.0471. The highest BCUT2D eigenvalue weighted by molar-refractivity contribution is 7.15. The fourth-order valence-electron chi connectivity index (χ4n) is 3.41. The number of aromatic nitrogens is 2. The maximum atomic E-state index is 13.2. The van der Waals surface area contributed by atoms with Gasteiger partial charge in [0.05, 0.1) is 28.7 Å². The van der Waals surface area contributed by atoms with Gasteiger partial charge in [-0.2, -0.15) is 5.26 Å². The fourth-order valence-corrected chi connectivity index (χ4v) is 4.21. The van der Waals surface area contributed by atoms with E-state index in [9.17, 15) is 10.1 Å². The summed E-state index contributed by atoms with van der Waals surface area (Å²) in [4.78, 5) is 25.2. The molecule has 0 spiro atoms. The third-order valence-corrected chi connectivity index (χ3v) is 6.16. The van der Waals surface area contributed by atoms with E-state index in [1.807, 2.05) is 45.0 Å². The quantitative estimate of drug-likeness (QED) is 0.615. The summed E-state index contributed by atoms with van der Waals surface area (Å²) in [5, 5.41) is 16.1. The Morgan fingerprint density at radius 1 is 1.30 bits per heavy atom. The van der Waals surface area contributed by atoms with Crippen LogP contribution in [-0.2, 0) is 0 Å². The number of carbonyl (C=O) groups excluding carboxylic acids is 1. The van der Waals surface area contributed by atoms with E-state index in [0.717, 1.165) is 34.8 Å². The zero-order valence-electron chi connectivity index (χ0n) is 17.1. The van der Waals surface area contributed by atoms with Gasteiger partial charge in [-0.25, -0.2) is 14.8 Å². The molecule has 152 valence electrons. The lowest BCUT2D eigenvalue weighted by Gasteiger charge is -2.27. The summed E-state index contributed by atoms with van der Waals surface area (Å²) in [6.45, 7) is 6.68. The highest BCUT2D eigenvalue weighted by Crippen LogP contribution is 2.33. The molecule has 1 atom stereocenters. The van der Waals surface area contributed by atoms with Crippen molar-refractivity contribution in [3.8, 4) is 17.3 Å². The largest absolute Gasteiger partial charge is 0.382 e. The SMILES string of the molecule is Cc1nc(NC(=O)N2c3nc(-c4cccc(C#N)c4)ccc3NCC[C@H]2C)sc1C. The highest BCUT2D eigenvalue weighted by atomic mass is 32.1. The Bertz CT molecular complexity index is 1130. The average molecular weight is 419 g/mol. The number of carbonyl (C=O) groups is 1. The maximum Gasteiger partial charge on any atom is 0.329 e. The van der Waals surface area contributed by atoms with E-state index < -0.39 is 0 Å². The van der Waals surface area contributed by atoms with Crippen LogP contribution in [0.25, 0.3) is 11.3 Å². The first-order valence-electron chi connectivity index (χ1n) is 9.76. The molecule has 0 radical (unpaired) electrons. The summed E-state index contributed by atoms with van der Waals surface area (Å²) >= 11 is 1.46. The molecule has 7 nitrogen and oxygen atoms in total. The van der Waals surface area contributed by atoms with Gasteiger partial charge >= 0.3 is 6.03 Å². The lowest BCUT2D eigenvalue weighted by molar-refractivity contribution is 0.255. The normalized spacial score (nSPS) is 15.5. The Labute approximate surface area is 179 Å². The van der Waals surface area contributed by atoms with Gasteiger partial charge in [0.1, 0.15) is 0 Å². The standard InChI is InChI=1S/C22H22N6OS/c1-13-9-10-24-19-8-7-18(17-6-4-5-16(11-17)12-23)26-20(19)28(13)22(29)27-21-25-14(2)15(3)30-21/h4-8,11,13,24H,9-10H2,1-3H3,(H,25,27,29)/t13-/m1/s1. The molecule has 2 aromatic heterocycles. The van der Waals surface area contributed by atoms with Crippen LogP contribution in [-0.4, -0.2) is 28.6 Å². The first-order valence-corrected chi connectivity index (χ1v) is 10.6. The molecule has 1 aromatic carbocycles. The van der Waals surface area contributed by atoms with Gasteiger partial charge in [-0.15, -0.1) is 11.3 Å². The summed E-state index contributed by atoms with van der Waals surface area (Å²) in [5.41, 5.74) is 3.83. The second-order valence-corrected chi connectivity index (χ2v) is 8.49. The molecule has 0 fully saturated rings. The number of fused-ring (bicyclic) bond motifs is 1. The number of benzene rings is 1. The van der Waals surface area contributed by atoms with Crippen LogP contribution in [0.5, 0.6) is 0 Å². The minimum atomic E-state index is -0.253. The number of urea groups is 1. The molecule has 0 saturated carbocycles. The molecule has 2 amide bonds. The molecule has 3 heterocycles. The Balaban J connectivity index is 1.73. The molecule has 30 heavy (non-hydrogen) atoms.